The molecule has 0 saturated heterocycles. The fourth-order valence-corrected chi connectivity index (χ4v) is 3.17. The molecule has 1 heterocycles. The van der Waals surface area contributed by atoms with Gasteiger partial charge in [0.25, 0.3) is 0 Å². The summed E-state index contributed by atoms with van der Waals surface area (Å²) in [5, 5.41) is 0. The minimum atomic E-state index is 0.392. The summed E-state index contributed by atoms with van der Waals surface area (Å²) >= 11 is 0. The van der Waals surface area contributed by atoms with Gasteiger partial charge in [-0.05, 0) is 60.8 Å². The number of allylic oxidation sites excluding steroid dienone is 2. The van der Waals surface area contributed by atoms with E-state index in [0.717, 1.165) is 18.7 Å². The predicted octanol–water partition coefficient (Wildman–Crippen LogP) is 4.97. The Morgan fingerprint density at radius 3 is 2.29 bits per heavy atom. The molecular weight excluding hydrogens is 294 g/mol. The number of ether oxygens (including phenoxy) is 1. The van der Waals surface area contributed by atoms with Crippen molar-refractivity contribution in [2.45, 2.75) is 32.9 Å². The van der Waals surface area contributed by atoms with Crippen molar-refractivity contribution in [2.75, 3.05) is 7.11 Å². The summed E-state index contributed by atoms with van der Waals surface area (Å²) in [6, 6.07) is 19.5. The zero-order chi connectivity index (χ0) is 16.9. The number of nitrogens with zero attached hydrogens (tertiary/aromatic N) is 1. The molecular formula is C22H25NO. The number of methoxy groups -OCH3 is 1. The third kappa shape index (κ3) is 3.70. The van der Waals surface area contributed by atoms with Gasteiger partial charge in [-0.1, -0.05) is 42.5 Å². The summed E-state index contributed by atoms with van der Waals surface area (Å²) in [7, 11) is 1.71. The Hall–Kier alpha value is -2.48. The minimum absolute atomic E-state index is 0.392. The first kappa shape index (κ1) is 16.4. The van der Waals surface area contributed by atoms with E-state index in [9.17, 15) is 0 Å². The van der Waals surface area contributed by atoms with Crippen molar-refractivity contribution in [2.24, 2.45) is 0 Å². The summed E-state index contributed by atoms with van der Waals surface area (Å²) in [4.78, 5) is 2.45. The third-order valence-corrected chi connectivity index (χ3v) is 4.83. The molecule has 2 nitrogen and oxygen atoms in total. The van der Waals surface area contributed by atoms with Gasteiger partial charge in [0.15, 0.2) is 0 Å². The van der Waals surface area contributed by atoms with Crippen LogP contribution in [0.5, 0.6) is 5.75 Å². The Balaban J connectivity index is 1.81. The molecule has 3 rings (SSSR count). The molecule has 0 spiro atoms. The maximum absolute atomic E-state index is 5.27. The lowest BCUT2D eigenvalue weighted by atomic mass is 9.92. The summed E-state index contributed by atoms with van der Waals surface area (Å²) in [5.41, 5.74) is 5.50. The first-order valence-corrected chi connectivity index (χ1v) is 8.45. The second kappa shape index (κ2) is 7.39. The lowest BCUT2D eigenvalue weighted by molar-refractivity contribution is 0.291. The van der Waals surface area contributed by atoms with Crippen LogP contribution in [0.2, 0.25) is 0 Å². The molecule has 1 atom stereocenters. The second-order valence-electron chi connectivity index (χ2n) is 6.41. The maximum Gasteiger partial charge on any atom is 0.118 e. The van der Waals surface area contributed by atoms with E-state index in [1.807, 2.05) is 12.1 Å². The van der Waals surface area contributed by atoms with E-state index >= 15 is 0 Å². The van der Waals surface area contributed by atoms with Crippen LogP contribution in [-0.2, 0) is 13.0 Å². The van der Waals surface area contributed by atoms with Crippen LogP contribution < -0.4 is 4.74 Å². The first-order valence-electron chi connectivity index (χ1n) is 8.45. The number of hydrogen-bond donors (Lipinski definition) is 0. The van der Waals surface area contributed by atoms with Crippen LogP contribution >= 0.6 is 0 Å². The van der Waals surface area contributed by atoms with Crippen molar-refractivity contribution >= 4 is 0 Å². The van der Waals surface area contributed by atoms with Gasteiger partial charge in [-0.25, -0.2) is 0 Å². The first-order chi connectivity index (χ1) is 11.7. The van der Waals surface area contributed by atoms with Crippen LogP contribution in [0.4, 0.5) is 0 Å². The Bertz CT molecular complexity index is 728. The third-order valence-electron chi connectivity index (χ3n) is 4.83. The molecule has 0 amide bonds. The predicted molar refractivity (Wildman–Crippen MR) is 100.0 cm³/mol. The van der Waals surface area contributed by atoms with Crippen LogP contribution in [0, 0.1) is 0 Å². The zero-order valence-corrected chi connectivity index (χ0v) is 14.7. The van der Waals surface area contributed by atoms with E-state index in [4.69, 9.17) is 4.74 Å². The van der Waals surface area contributed by atoms with Gasteiger partial charge in [-0.2, -0.15) is 0 Å². The van der Waals surface area contributed by atoms with Crippen LogP contribution in [0.15, 0.2) is 78.0 Å². The lowest BCUT2D eigenvalue weighted by Gasteiger charge is -2.35. The Morgan fingerprint density at radius 2 is 1.62 bits per heavy atom. The molecule has 2 heteroatoms. The SMILES string of the molecule is COc1ccc(C[C@H]2C(C)=C(C)C=CN2Cc2ccccc2)cc1. The molecule has 0 radical (unpaired) electrons. The monoisotopic (exact) mass is 319 g/mol. The van der Waals surface area contributed by atoms with Crippen molar-refractivity contribution in [3.05, 3.63) is 89.1 Å². The van der Waals surface area contributed by atoms with Gasteiger partial charge < -0.3 is 9.64 Å². The lowest BCUT2D eigenvalue weighted by Crippen LogP contribution is -2.35. The second-order valence-corrected chi connectivity index (χ2v) is 6.41. The van der Waals surface area contributed by atoms with Crippen molar-refractivity contribution < 1.29 is 4.74 Å². The molecule has 0 N–H and O–H groups in total. The van der Waals surface area contributed by atoms with E-state index in [-0.39, 0.29) is 0 Å². The Labute approximate surface area is 145 Å². The van der Waals surface area contributed by atoms with Gasteiger partial charge in [0.1, 0.15) is 5.75 Å². The molecule has 2 aromatic carbocycles. The standard InChI is InChI=1S/C22H25NO/c1-17-13-14-23(16-20-7-5-4-6-8-20)22(18(17)2)15-19-9-11-21(24-3)12-10-19/h4-14,22H,15-16H2,1-3H3/t22-/m0/s1. The number of benzene rings is 2. The molecule has 0 bridgehead atoms. The van der Waals surface area contributed by atoms with Crippen molar-refractivity contribution in [1.29, 1.82) is 0 Å². The molecule has 0 saturated carbocycles. The number of rotatable bonds is 5. The molecule has 0 fully saturated rings. The smallest absolute Gasteiger partial charge is 0.118 e. The van der Waals surface area contributed by atoms with Crippen LogP contribution in [-0.4, -0.2) is 18.1 Å². The highest BCUT2D eigenvalue weighted by molar-refractivity contribution is 5.34. The summed E-state index contributed by atoms with van der Waals surface area (Å²) < 4.78 is 5.27. The van der Waals surface area contributed by atoms with E-state index in [2.05, 4.69) is 73.5 Å². The molecule has 2 aromatic rings. The van der Waals surface area contributed by atoms with E-state index in [1.54, 1.807) is 7.11 Å². The fraction of sp³-hybridized carbons (Fsp3) is 0.273. The van der Waals surface area contributed by atoms with Gasteiger partial charge in [-0.15, -0.1) is 0 Å². The van der Waals surface area contributed by atoms with Gasteiger partial charge in [0, 0.05) is 12.7 Å². The van der Waals surface area contributed by atoms with Crippen LogP contribution in [0.3, 0.4) is 0 Å². The Kier molecular flexibility index (Phi) is 5.05. The highest BCUT2D eigenvalue weighted by Crippen LogP contribution is 2.26. The summed E-state index contributed by atoms with van der Waals surface area (Å²) in [6.07, 6.45) is 5.47. The van der Waals surface area contributed by atoms with Crippen molar-refractivity contribution in [1.82, 2.24) is 4.90 Å². The van der Waals surface area contributed by atoms with Crippen LogP contribution in [0.25, 0.3) is 0 Å². The molecule has 1 aliphatic heterocycles. The Morgan fingerprint density at radius 1 is 0.917 bits per heavy atom. The summed E-state index contributed by atoms with van der Waals surface area (Å²) in [6.45, 7) is 5.39. The molecule has 0 aliphatic carbocycles. The van der Waals surface area contributed by atoms with Crippen LogP contribution in [0.1, 0.15) is 25.0 Å². The summed E-state index contributed by atoms with van der Waals surface area (Å²) in [5.74, 6) is 0.909. The minimum Gasteiger partial charge on any atom is -0.497 e. The van der Waals surface area contributed by atoms with Gasteiger partial charge >= 0.3 is 0 Å². The molecule has 24 heavy (non-hydrogen) atoms. The molecule has 0 unspecified atom stereocenters. The number of hydrogen-bond acceptors (Lipinski definition) is 2. The highest BCUT2D eigenvalue weighted by atomic mass is 16.5. The average Bonchev–Trinajstić information content (AvgIpc) is 2.63. The van der Waals surface area contributed by atoms with E-state index in [0.29, 0.717) is 6.04 Å². The maximum atomic E-state index is 5.27. The van der Waals surface area contributed by atoms with Crippen molar-refractivity contribution in [3.63, 3.8) is 0 Å². The normalized spacial score (nSPS) is 17.3. The molecule has 124 valence electrons. The largest absolute Gasteiger partial charge is 0.497 e. The van der Waals surface area contributed by atoms with Gasteiger partial charge in [0.05, 0.1) is 13.2 Å². The zero-order valence-electron chi connectivity index (χ0n) is 14.7. The topological polar surface area (TPSA) is 12.5 Å². The van der Waals surface area contributed by atoms with E-state index in [1.165, 1.54) is 22.3 Å². The molecule has 1 aliphatic rings. The van der Waals surface area contributed by atoms with Gasteiger partial charge in [0.2, 0.25) is 0 Å². The van der Waals surface area contributed by atoms with E-state index < -0.39 is 0 Å². The molecule has 0 aromatic heterocycles. The quantitative estimate of drug-likeness (QED) is 0.771. The van der Waals surface area contributed by atoms with Gasteiger partial charge in [-0.3, -0.25) is 0 Å². The average molecular weight is 319 g/mol. The van der Waals surface area contributed by atoms with Crippen molar-refractivity contribution in [3.8, 4) is 5.75 Å². The fourth-order valence-electron chi connectivity index (χ4n) is 3.17. The highest BCUT2D eigenvalue weighted by Gasteiger charge is 2.22.